The number of carbonyl (C=O) groups is 1. The molecule has 0 aromatic carbocycles. The van der Waals surface area contributed by atoms with Gasteiger partial charge in [-0.15, -0.1) is 11.3 Å². The molecule has 3 aromatic rings. The Bertz CT molecular complexity index is 857. The number of nitrogens with zero attached hydrogens (tertiary/aromatic N) is 5. The second kappa shape index (κ2) is 6.16. The molecule has 4 heterocycles. The summed E-state index contributed by atoms with van der Waals surface area (Å²) in [7, 11) is 1.87. The minimum absolute atomic E-state index is 0.113. The lowest BCUT2D eigenvalue weighted by atomic mass is 9.96. The van der Waals surface area contributed by atoms with Crippen molar-refractivity contribution in [1.82, 2.24) is 30.2 Å². The van der Waals surface area contributed by atoms with Gasteiger partial charge in [-0.3, -0.25) is 9.48 Å². The van der Waals surface area contributed by atoms with Gasteiger partial charge >= 0.3 is 0 Å². The van der Waals surface area contributed by atoms with Gasteiger partial charge in [-0.25, -0.2) is 4.98 Å². The maximum Gasteiger partial charge on any atom is 0.227 e. The van der Waals surface area contributed by atoms with Gasteiger partial charge in [-0.1, -0.05) is 5.16 Å². The van der Waals surface area contributed by atoms with E-state index in [1.54, 1.807) is 4.68 Å². The van der Waals surface area contributed by atoms with Crippen molar-refractivity contribution in [3.05, 3.63) is 23.5 Å². The van der Waals surface area contributed by atoms with Crippen molar-refractivity contribution in [3.8, 4) is 22.2 Å². The van der Waals surface area contributed by atoms with Crippen LogP contribution in [0.5, 0.6) is 0 Å². The molecular weight excluding hydrogens is 328 g/mol. The molecule has 1 aliphatic heterocycles. The van der Waals surface area contributed by atoms with Gasteiger partial charge in [-0.05, 0) is 18.4 Å². The predicted octanol–water partition coefficient (Wildman–Crippen LogP) is 1.66. The standard InChI is InChI=1S/C15H16N6O2S/c1-21-5-4-10(19-21)15-17-11(8-24-15)14-18-13(23-20-14)6-9-2-3-12(22)16-7-9/h4-5,8-9H,2-3,6-7H2,1H3,(H,16,22). The molecular formula is C15H16N6O2S. The van der Waals surface area contributed by atoms with Crippen molar-refractivity contribution in [3.63, 3.8) is 0 Å². The van der Waals surface area contributed by atoms with Gasteiger partial charge in [0, 0.05) is 38.0 Å². The summed E-state index contributed by atoms with van der Waals surface area (Å²) < 4.78 is 7.08. The fourth-order valence-electron chi connectivity index (χ4n) is 2.67. The van der Waals surface area contributed by atoms with E-state index in [2.05, 4.69) is 25.5 Å². The molecule has 0 bridgehead atoms. The first kappa shape index (κ1) is 15.0. The highest BCUT2D eigenvalue weighted by molar-refractivity contribution is 7.13. The Hall–Kier alpha value is -2.55. The molecule has 1 fully saturated rings. The molecule has 0 aliphatic carbocycles. The molecule has 1 unspecified atom stereocenters. The van der Waals surface area contributed by atoms with Crippen LogP contribution in [-0.4, -0.2) is 37.4 Å². The van der Waals surface area contributed by atoms with E-state index in [9.17, 15) is 4.79 Å². The number of aromatic nitrogens is 5. The Morgan fingerprint density at radius 1 is 1.42 bits per heavy atom. The lowest BCUT2D eigenvalue weighted by Gasteiger charge is -2.20. The zero-order chi connectivity index (χ0) is 16.5. The van der Waals surface area contributed by atoms with Crippen LogP contribution >= 0.6 is 11.3 Å². The first-order valence-corrected chi connectivity index (χ1v) is 8.60. The third kappa shape index (κ3) is 3.07. The fraction of sp³-hybridized carbons (Fsp3) is 0.400. The summed E-state index contributed by atoms with van der Waals surface area (Å²) in [6.45, 7) is 0.664. The van der Waals surface area contributed by atoms with Crippen molar-refractivity contribution in [1.29, 1.82) is 0 Å². The molecule has 124 valence electrons. The summed E-state index contributed by atoms with van der Waals surface area (Å²) in [5, 5.41) is 14.0. The Kier molecular flexibility index (Phi) is 3.85. The number of thiazole rings is 1. The number of amides is 1. The quantitative estimate of drug-likeness (QED) is 0.773. The van der Waals surface area contributed by atoms with E-state index in [-0.39, 0.29) is 5.91 Å². The van der Waals surface area contributed by atoms with Crippen molar-refractivity contribution >= 4 is 17.2 Å². The SMILES string of the molecule is Cn1ccc(-c2nc(-c3noc(CC4CCC(=O)NC4)n3)cs2)n1. The number of piperidine rings is 1. The summed E-state index contributed by atoms with van der Waals surface area (Å²) in [5.74, 6) is 1.53. The molecule has 8 nitrogen and oxygen atoms in total. The van der Waals surface area contributed by atoms with E-state index in [0.717, 1.165) is 17.1 Å². The normalized spacial score (nSPS) is 17.9. The highest BCUT2D eigenvalue weighted by Crippen LogP contribution is 2.26. The third-order valence-corrected chi connectivity index (χ3v) is 4.83. The minimum atomic E-state index is 0.113. The minimum Gasteiger partial charge on any atom is -0.356 e. The van der Waals surface area contributed by atoms with Gasteiger partial charge in [-0.2, -0.15) is 10.1 Å². The monoisotopic (exact) mass is 344 g/mol. The van der Waals surface area contributed by atoms with Gasteiger partial charge in [0.2, 0.25) is 17.6 Å². The van der Waals surface area contributed by atoms with Crippen LogP contribution in [0.2, 0.25) is 0 Å². The smallest absolute Gasteiger partial charge is 0.227 e. The molecule has 1 aliphatic rings. The number of aryl methyl sites for hydroxylation is 1. The van der Waals surface area contributed by atoms with Crippen LogP contribution in [0.3, 0.4) is 0 Å². The van der Waals surface area contributed by atoms with Crippen molar-refractivity contribution < 1.29 is 9.32 Å². The first-order valence-electron chi connectivity index (χ1n) is 7.72. The molecule has 4 rings (SSSR count). The molecule has 3 aromatic heterocycles. The molecule has 1 amide bonds. The summed E-state index contributed by atoms with van der Waals surface area (Å²) >= 11 is 1.50. The first-order chi connectivity index (χ1) is 11.7. The van der Waals surface area contributed by atoms with Gasteiger partial charge in [0.05, 0.1) is 0 Å². The maximum absolute atomic E-state index is 11.2. The van der Waals surface area contributed by atoms with E-state index in [1.165, 1.54) is 11.3 Å². The van der Waals surface area contributed by atoms with Gasteiger partial charge in [0.1, 0.15) is 16.4 Å². The maximum atomic E-state index is 11.2. The van der Waals surface area contributed by atoms with Crippen molar-refractivity contribution in [2.45, 2.75) is 19.3 Å². The van der Waals surface area contributed by atoms with Crippen LogP contribution in [0, 0.1) is 5.92 Å². The zero-order valence-corrected chi connectivity index (χ0v) is 13.9. The average Bonchev–Trinajstić information content (AvgIpc) is 3.29. The topological polar surface area (TPSA) is 98.7 Å². The highest BCUT2D eigenvalue weighted by Gasteiger charge is 2.21. The molecule has 1 N–H and O–H groups in total. The Labute approximate surface area is 141 Å². The highest BCUT2D eigenvalue weighted by atomic mass is 32.1. The number of carbonyl (C=O) groups excluding carboxylic acids is 1. The number of hydrogen-bond donors (Lipinski definition) is 1. The van der Waals surface area contributed by atoms with E-state index >= 15 is 0 Å². The van der Waals surface area contributed by atoms with Gasteiger partial charge in [0.15, 0.2) is 0 Å². The van der Waals surface area contributed by atoms with E-state index in [4.69, 9.17) is 4.52 Å². The van der Waals surface area contributed by atoms with Crippen LogP contribution in [-0.2, 0) is 18.3 Å². The molecule has 1 atom stereocenters. The average molecular weight is 344 g/mol. The van der Waals surface area contributed by atoms with E-state index in [1.807, 2.05) is 24.7 Å². The fourth-order valence-corrected chi connectivity index (χ4v) is 3.43. The summed E-state index contributed by atoms with van der Waals surface area (Å²) in [4.78, 5) is 20.2. The number of nitrogens with one attached hydrogen (secondary N) is 1. The van der Waals surface area contributed by atoms with Gasteiger partial charge < -0.3 is 9.84 Å². The van der Waals surface area contributed by atoms with E-state index < -0.39 is 0 Å². The van der Waals surface area contributed by atoms with Crippen LogP contribution < -0.4 is 5.32 Å². The second-order valence-corrected chi connectivity index (χ2v) is 6.70. The summed E-state index contributed by atoms with van der Waals surface area (Å²) in [6, 6.07) is 1.92. The Morgan fingerprint density at radius 3 is 3.08 bits per heavy atom. The van der Waals surface area contributed by atoms with Crippen LogP contribution in [0.4, 0.5) is 0 Å². The zero-order valence-electron chi connectivity index (χ0n) is 13.1. The van der Waals surface area contributed by atoms with Crippen LogP contribution in [0.15, 0.2) is 22.2 Å². The molecule has 0 spiro atoms. The number of hydrogen-bond acceptors (Lipinski definition) is 7. The lowest BCUT2D eigenvalue weighted by molar-refractivity contribution is -0.122. The number of rotatable bonds is 4. The molecule has 0 saturated carbocycles. The van der Waals surface area contributed by atoms with Crippen molar-refractivity contribution in [2.75, 3.05) is 6.54 Å². The third-order valence-electron chi connectivity index (χ3n) is 3.96. The molecule has 1 saturated heterocycles. The summed E-state index contributed by atoms with van der Waals surface area (Å²) in [6.07, 6.45) is 3.96. The Balaban J connectivity index is 1.47. The second-order valence-electron chi connectivity index (χ2n) is 5.84. The molecule has 0 radical (unpaired) electrons. The van der Waals surface area contributed by atoms with Gasteiger partial charge in [0.25, 0.3) is 0 Å². The summed E-state index contributed by atoms with van der Waals surface area (Å²) in [5.41, 5.74) is 1.52. The largest absolute Gasteiger partial charge is 0.356 e. The molecule has 9 heteroatoms. The van der Waals surface area contributed by atoms with Crippen LogP contribution in [0.25, 0.3) is 22.2 Å². The lowest BCUT2D eigenvalue weighted by Crippen LogP contribution is -2.35. The Morgan fingerprint density at radius 2 is 2.33 bits per heavy atom. The van der Waals surface area contributed by atoms with Crippen LogP contribution in [0.1, 0.15) is 18.7 Å². The molecule has 24 heavy (non-hydrogen) atoms. The van der Waals surface area contributed by atoms with E-state index in [0.29, 0.717) is 42.7 Å². The predicted molar refractivity (Wildman–Crippen MR) is 87.0 cm³/mol. The van der Waals surface area contributed by atoms with Crippen molar-refractivity contribution in [2.24, 2.45) is 13.0 Å².